The summed E-state index contributed by atoms with van der Waals surface area (Å²) in [4.78, 5) is 19.2. The minimum atomic E-state index is -4.85. The Morgan fingerprint density at radius 3 is 2.63 bits per heavy atom. The molecule has 0 saturated carbocycles. The van der Waals surface area contributed by atoms with Crippen LogP contribution in [0.3, 0.4) is 0 Å². The van der Waals surface area contributed by atoms with Gasteiger partial charge in [0.15, 0.2) is 0 Å². The number of benzene rings is 2. The molecule has 0 aliphatic heterocycles. The molecule has 30 heavy (non-hydrogen) atoms. The van der Waals surface area contributed by atoms with E-state index in [9.17, 15) is 18.0 Å². The monoisotopic (exact) mass is 436 g/mol. The van der Waals surface area contributed by atoms with Gasteiger partial charge in [-0.1, -0.05) is 41.9 Å². The van der Waals surface area contributed by atoms with Crippen molar-refractivity contribution < 1.29 is 17.9 Å². The van der Waals surface area contributed by atoms with Gasteiger partial charge < -0.3 is 20.4 Å². The Hall–Kier alpha value is -3.33. The van der Waals surface area contributed by atoms with Crippen LogP contribution in [0.2, 0.25) is 5.02 Å². The molecular weight excluding hydrogens is 421 g/mol. The molecule has 3 rings (SSSR count). The van der Waals surface area contributed by atoms with Crippen LogP contribution < -0.4 is 15.6 Å². The van der Waals surface area contributed by atoms with E-state index >= 15 is 0 Å². The Balaban J connectivity index is 2.01. The highest BCUT2D eigenvalue weighted by atomic mass is 35.5. The highest BCUT2D eigenvalue weighted by molar-refractivity contribution is 6.33. The average molecular weight is 437 g/mol. The number of aryl methyl sites for hydroxylation is 1. The molecule has 10 heteroatoms. The summed E-state index contributed by atoms with van der Waals surface area (Å²) in [5, 5.41) is 10.9. The van der Waals surface area contributed by atoms with Crippen molar-refractivity contribution in [2.24, 2.45) is 0 Å². The van der Waals surface area contributed by atoms with Crippen molar-refractivity contribution in [3.8, 4) is 5.75 Å². The van der Waals surface area contributed by atoms with Gasteiger partial charge in [-0.05, 0) is 24.6 Å². The van der Waals surface area contributed by atoms with Crippen LogP contribution in [-0.2, 0) is 6.42 Å². The van der Waals surface area contributed by atoms with E-state index in [4.69, 9.17) is 17.0 Å². The highest BCUT2D eigenvalue weighted by Crippen LogP contribution is 2.30. The van der Waals surface area contributed by atoms with Crippen LogP contribution in [0.5, 0.6) is 5.75 Å². The second-order valence-corrected chi connectivity index (χ2v) is 6.72. The molecule has 0 unspecified atom stereocenters. The topological polar surface area (TPSA) is 90.9 Å². The van der Waals surface area contributed by atoms with E-state index < -0.39 is 11.9 Å². The van der Waals surface area contributed by atoms with Crippen molar-refractivity contribution >= 4 is 29.3 Å². The standard InChI is InChI=1S/C20H16ClF3N4O2/c1-11-5-4-7-14(21)17(11)28-18-13(10-25)19(29)27-16(26-18)9-12-6-2-3-8-15(12)30-20(22,23)24/h2-8,10,25H,9H2,1H3,(H2,26,27,28,29). The summed E-state index contributed by atoms with van der Waals surface area (Å²) in [6.07, 6.45) is -4.14. The molecule has 1 heterocycles. The van der Waals surface area contributed by atoms with Crippen molar-refractivity contribution in [2.45, 2.75) is 19.7 Å². The van der Waals surface area contributed by atoms with Crippen LogP contribution in [0.25, 0.3) is 0 Å². The van der Waals surface area contributed by atoms with Crippen molar-refractivity contribution in [1.29, 1.82) is 5.41 Å². The molecule has 0 aliphatic carbocycles. The molecule has 6 nitrogen and oxygen atoms in total. The first-order chi connectivity index (χ1) is 14.2. The van der Waals surface area contributed by atoms with E-state index in [1.807, 2.05) is 0 Å². The summed E-state index contributed by atoms with van der Waals surface area (Å²) in [5.74, 6) is -0.231. The number of rotatable bonds is 6. The minimum Gasteiger partial charge on any atom is -0.405 e. The van der Waals surface area contributed by atoms with Gasteiger partial charge in [0, 0.05) is 18.2 Å². The van der Waals surface area contributed by atoms with Crippen molar-refractivity contribution in [1.82, 2.24) is 9.97 Å². The van der Waals surface area contributed by atoms with Crippen LogP contribution in [0.15, 0.2) is 47.3 Å². The van der Waals surface area contributed by atoms with Gasteiger partial charge in [0.05, 0.1) is 16.3 Å². The minimum absolute atomic E-state index is 0.0436. The summed E-state index contributed by atoms with van der Waals surface area (Å²) in [7, 11) is 0. The number of hydrogen-bond donors (Lipinski definition) is 3. The second kappa shape index (κ2) is 8.58. The van der Waals surface area contributed by atoms with Crippen LogP contribution in [0.4, 0.5) is 24.7 Å². The average Bonchev–Trinajstić information content (AvgIpc) is 2.65. The first-order valence-corrected chi connectivity index (χ1v) is 9.05. The Morgan fingerprint density at radius 2 is 1.97 bits per heavy atom. The lowest BCUT2D eigenvalue weighted by molar-refractivity contribution is -0.274. The molecule has 0 saturated heterocycles. The first kappa shape index (κ1) is 21.4. The fraction of sp³-hybridized carbons (Fsp3) is 0.150. The van der Waals surface area contributed by atoms with Crippen LogP contribution >= 0.6 is 11.6 Å². The maximum absolute atomic E-state index is 12.7. The second-order valence-electron chi connectivity index (χ2n) is 6.31. The summed E-state index contributed by atoms with van der Waals surface area (Å²) in [6, 6.07) is 10.8. The number of aromatic nitrogens is 2. The van der Waals surface area contributed by atoms with Crippen LogP contribution in [0, 0.1) is 12.3 Å². The van der Waals surface area contributed by atoms with Crippen LogP contribution in [-0.4, -0.2) is 22.5 Å². The number of alkyl halides is 3. The molecule has 0 amide bonds. The molecule has 156 valence electrons. The third kappa shape index (κ3) is 4.98. The van der Waals surface area contributed by atoms with Crippen molar-refractivity contribution in [3.05, 3.63) is 80.4 Å². The largest absolute Gasteiger partial charge is 0.573 e. The Labute approximate surface area is 174 Å². The van der Waals surface area contributed by atoms with E-state index in [1.54, 1.807) is 31.2 Å². The molecule has 0 atom stereocenters. The number of halogens is 4. The van der Waals surface area contributed by atoms with Gasteiger partial charge in [0.25, 0.3) is 5.56 Å². The lowest BCUT2D eigenvalue weighted by Gasteiger charge is -2.15. The maximum Gasteiger partial charge on any atom is 0.573 e. The molecule has 0 radical (unpaired) electrons. The number of H-pyrrole nitrogens is 1. The van der Waals surface area contributed by atoms with Gasteiger partial charge in [-0.25, -0.2) is 4.98 Å². The lowest BCUT2D eigenvalue weighted by atomic mass is 10.1. The van der Waals surface area contributed by atoms with Gasteiger partial charge in [-0.15, -0.1) is 13.2 Å². The predicted molar refractivity (Wildman–Crippen MR) is 108 cm³/mol. The van der Waals surface area contributed by atoms with Gasteiger partial charge in [0.1, 0.15) is 17.4 Å². The summed E-state index contributed by atoms with van der Waals surface area (Å²) in [5.41, 5.74) is 0.813. The Bertz CT molecular complexity index is 1130. The zero-order chi connectivity index (χ0) is 21.9. The fourth-order valence-corrected chi connectivity index (χ4v) is 3.07. The summed E-state index contributed by atoms with van der Waals surface area (Å²) >= 11 is 6.21. The normalized spacial score (nSPS) is 11.2. The molecular formula is C20H16ClF3N4O2. The third-order valence-corrected chi connectivity index (χ3v) is 4.49. The SMILES string of the molecule is Cc1cccc(Cl)c1Nc1nc(Cc2ccccc2OC(F)(F)F)[nH]c(=O)c1C=N. The first-order valence-electron chi connectivity index (χ1n) is 8.67. The molecule has 0 fully saturated rings. The Kier molecular flexibility index (Phi) is 6.12. The van der Waals surface area contributed by atoms with Gasteiger partial charge in [-0.3, -0.25) is 4.79 Å². The fourth-order valence-electron chi connectivity index (χ4n) is 2.81. The number of nitrogens with one attached hydrogen (secondary N) is 3. The third-order valence-electron chi connectivity index (χ3n) is 4.17. The van der Waals surface area contributed by atoms with Crippen LogP contribution in [0.1, 0.15) is 22.5 Å². The quantitative estimate of drug-likeness (QED) is 0.476. The number of para-hydroxylation sites is 2. The van der Waals surface area contributed by atoms with Crippen molar-refractivity contribution in [3.63, 3.8) is 0 Å². The summed E-state index contributed by atoms with van der Waals surface area (Å²) < 4.78 is 42.0. The highest BCUT2D eigenvalue weighted by Gasteiger charge is 2.32. The van der Waals surface area contributed by atoms with E-state index in [0.717, 1.165) is 11.8 Å². The lowest BCUT2D eigenvalue weighted by Crippen LogP contribution is -2.21. The number of ether oxygens (including phenoxy) is 1. The maximum atomic E-state index is 12.7. The number of nitrogens with zero attached hydrogens (tertiary/aromatic N) is 1. The van der Waals surface area contributed by atoms with E-state index in [0.29, 0.717) is 10.7 Å². The van der Waals surface area contributed by atoms with E-state index in [2.05, 4.69) is 20.0 Å². The van der Waals surface area contributed by atoms with Gasteiger partial charge >= 0.3 is 6.36 Å². The molecule has 0 aliphatic rings. The molecule has 1 aromatic heterocycles. The molecule has 0 bridgehead atoms. The number of aromatic amines is 1. The molecule has 3 N–H and O–H groups in total. The predicted octanol–water partition coefficient (Wildman–Crippen LogP) is 4.96. The Morgan fingerprint density at radius 1 is 1.23 bits per heavy atom. The smallest absolute Gasteiger partial charge is 0.405 e. The van der Waals surface area contributed by atoms with Crippen molar-refractivity contribution in [2.75, 3.05) is 5.32 Å². The van der Waals surface area contributed by atoms with E-state index in [1.165, 1.54) is 18.2 Å². The molecule has 3 aromatic rings. The van der Waals surface area contributed by atoms with E-state index in [-0.39, 0.29) is 34.9 Å². The number of hydrogen-bond acceptors (Lipinski definition) is 5. The van der Waals surface area contributed by atoms with Gasteiger partial charge in [-0.2, -0.15) is 0 Å². The number of anilines is 2. The van der Waals surface area contributed by atoms with Gasteiger partial charge in [0.2, 0.25) is 0 Å². The zero-order valence-corrected chi connectivity index (χ0v) is 16.4. The zero-order valence-electron chi connectivity index (χ0n) is 15.6. The molecule has 2 aromatic carbocycles. The summed E-state index contributed by atoms with van der Waals surface area (Å²) in [6.45, 7) is 1.80. The molecule has 0 spiro atoms.